The van der Waals surface area contributed by atoms with Crippen molar-refractivity contribution in [3.05, 3.63) is 23.8 Å². The predicted molar refractivity (Wildman–Crippen MR) is 46.1 cm³/mol. The Kier molecular flexibility index (Phi) is 2.70. The van der Waals surface area contributed by atoms with E-state index >= 15 is 0 Å². The van der Waals surface area contributed by atoms with Crippen LogP contribution < -0.4 is 0 Å². The van der Waals surface area contributed by atoms with E-state index in [4.69, 9.17) is 0 Å². The Morgan fingerprint density at radius 2 is 2.08 bits per heavy atom. The van der Waals surface area contributed by atoms with Crippen molar-refractivity contribution in [2.24, 2.45) is 0 Å². The van der Waals surface area contributed by atoms with E-state index in [1.807, 2.05) is 6.92 Å². The summed E-state index contributed by atoms with van der Waals surface area (Å²) in [5.41, 5.74) is 0.659. The van der Waals surface area contributed by atoms with Crippen molar-refractivity contribution in [2.75, 3.05) is 0 Å². The fourth-order valence-electron chi connectivity index (χ4n) is 0.969. The molecule has 0 saturated carbocycles. The maximum Gasteiger partial charge on any atom is 0.168 e. The molecule has 3 nitrogen and oxygen atoms in total. The summed E-state index contributed by atoms with van der Waals surface area (Å²) in [7, 11) is -2.54. The number of thiol groups is 1. The molecule has 0 saturated heterocycles. The van der Waals surface area contributed by atoms with Gasteiger partial charge >= 0.3 is 0 Å². The fraction of sp³-hybridized carbons (Fsp3) is 0.250. The zero-order valence-corrected chi connectivity index (χ0v) is 7.54. The van der Waals surface area contributed by atoms with Crippen molar-refractivity contribution in [3.63, 3.8) is 0 Å². The number of benzene rings is 1. The van der Waals surface area contributed by atoms with Gasteiger partial charge in [-0.3, -0.25) is 0 Å². The molecule has 0 atom stereocenters. The Labute approximate surface area is 72.6 Å². The van der Waals surface area contributed by atoms with Gasteiger partial charge in [-0.15, -0.1) is 0 Å². The molecule has 1 aromatic rings. The van der Waals surface area contributed by atoms with E-state index in [0.717, 1.165) is 0 Å². The van der Waals surface area contributed by atoms with Gasteiger partial charge in [-0.2, -0.15) is 0 Å². The lowest BCUT2D eigenvalue weighted by Gasteiger charge is -2.00. The van der Waals surface area contributed by atoms with Gasteiger partial charge in [0.15, 0.2) is 10.7 Å². The summed E-state index contributed by atoms with van der Waals surface area (Å²) in [5, 5.41) is 9.22. The van der Waals surface area contributed by atoms with Crippen LogP contribution in [0.5, 0.6) is 5.75 Å². The summed E-state index contributed by atoms with van der Waals surface area (Å²) < 4.78 is 21.1. The zero-order chi connectivity index (χ0) is 9.14. The van der Waals surface area contributed by atoms with E-state index in [1.54, 1.807) is 0 Å². The maximum atomic E-state index is 10.5. The molecule has 1 rings (SSSR count). The van der Waals surface area contributed by atoms with Gasteiger partial charge in [0.05, 0.1) is 4.90 Å². The van der Waals surface area contributed by atoms with Crippen molar-refractivity contribution in [2.45, 2.75) is 18.2 Å². The van der Waals surface area contributed by atoms with Crippen LogP contribution in [0, 0.1) is 0 Å². The Hall–Kier alpha value is -1.03. The molecule has 0 heterocycles. The van der Waals surface area contributed by atoms with Crippen molar-refractivity contribution in [1.29, 1.82) is 0 Å². The van der Waals surface area contributed by atoms with Crippen LogP contribution >= 0.6 is 0 Å². The van der Waals surface area contributed by atoms with Crippen molar-refractivity contribution >= 4 is 10.7 Å². The van der Waals surface area contributed by atoms with Gasteiger partial charge in [-0.05, 0) is 30.2 Å². The highest BCUT2D eigenvalue weighted by atomic mass is 32.2. The van der Waals surface area contributed by atoms with E-state index in [-0.39, 0.29) is 10.6 Å². The largest absolute Gasteiger partial charge is 0.508 e. The molecule has 66 valence electrons. The van der Waals surface area contributed by atoms with Gasteiger partial charge < -0.3 is 5.11 Å². The highest BCUT2D eigenvalue weighted by molar-refractivity contribution is 7.72. The molecular weight excluding hydrogens is 176 g/mol. The van der Waals surface area contributed by atoms with E-state index in [2.05, 4.69) is 0 Å². The minimum absolute atomic E-state index is 0.151. The van der Waals surface area contributed by atoms with Crippen molar-refractivity contribution in [3.8, 4) is 5.75 Å². The van der Waals surface area contributed by atoms with Crippen LogP contribution in [0.1, 0.15) is 12.5 Å². The molecule has 0 spiro atoms. The molecule has 1 N–H and O–H groups in total. The summed E-state index contributed by atoms with van der Waals surface area (Å²) >= 11 is 0. The summed E-state index contributed by atoms with van der Waals surface area (Å²) in [4.78, 5) is 0.250. The Morgan fingerprint density at radius 1 is 1.42 bits per heavy atom. The van der Waals surface area contributed by atoms with Gasteiger partial charge in [0.25, 0.3) is 0 Å². The molecule has 1 aromatic carbocycles. The van der Waals surface area contributed by atoms with Crippen LogP contribution in [0.2, 0.25) is 0 Å². The molecule has 0 fully saturated rings. The van der Waals surface area contributed by atoms with Crippen LogP contribution in [0.25, 0.3) is 0 Å². The highest BCUT2D eigenvalue weighted by Gasteiger charge is 2.01. The third-order valence-electron chi connectivity index (χ3n) is 1.65. The lowest BCUT2D eigenvalue weighted by molar-refractivity contribution is 0.468. The molecule has 0 bridgehead atoms. The smallest absolute Gasteiger partial charge is 0.168 e. The normalized spacial score (nSPS) is 10.5. The minimum Gasteiger partial charge on any atom is -0.508 e. The summed E-state index contributed by atoms with van der Waals surface area (Å²) in [6.07, 6.45) is 0.628. The SMILES string of the molecule is CCc1cc([SH](=O)=O)ccc1O. The fourth-order valence-corrected chi connectivity index (χ4v) is 1.43. The molecule has 0 aliphatic carbocycles. The van der Waals surface area contributed by atoms with E-state index in [9.17, 15) is 13.5 Å². The van der Waals surface area contributed by atoms with Crippen LogP contribution in [0.15, 0.2) is 23.1 Å². The lowest BCUT2D eigenvalue weighted by Crippen LogP contribution is -1.85. The van der Waals surface area contributed by atoms with Crippen LogP contribution in [-0.4, -0.2) is 13.5 Å². The number of phenolic OH excluding ortho intramolecular Hbond substituents is 1. The van der Waals surface area contributed by atoms with E-state index in [1.165, 1.54) is 18.2 Å². The van der Waals surface area contributed by atoms with E-state index < -0.39 is 10.7 Å². The highest BCUT2D eigenvalue weighted by Crippen LogP contribution is 2.19. The van der Waals surface area contributed by atoms with E-state index in [0.29, 0.717) is 12.0 Å². The Balaban J connectivity index is 3.22. The zero-order valence-electron chi connectivity index (χ0n) is 6.65. The first-order valence-corrected chi connectivity index (χ1v) is 4.79. The second-order valence-corrected chi connectivity index (χ2v) is 3.45. The number of hydrogen-bond acceptors (Lipinski definition) is 3. The minimum atomic E-state index is -2.54. The molecule has 0 unspecified atom stereocenters. The first-order chi connectivity index (χ1) is 5.65. The van der Waals surface area contributed by atoms with Gasteiger partial charge in [0.1, 0.15) is 5.75 Å². The number of aryl methyl sites for hydroxylation is 1. The second-order valence-electron chi connectivity index (χ2n) is 2.42. The van der Waals surface area contributed by atoms with Gasteiger partial charge in [-0.25, -0.2) is 8.42 Å². The molecular formula is C8H10O3S. The Bertz CT molecular complexity index is 347. The number of hydrogen-bond donors (Lipinski definition) is 2. The second kappa shape index (κ2) is 3.58. The first kappa shape index (κ1) is 9.06. The third kappa shape index (κ3) is 1.76. The molecule has 0 aromatic heterocycles. The summed E-state index contributed by atoms with van der Waals surface area (Å²) in [5.74, 6) is 0.151. The van der Waals surface area contributed by atoms with Crippen LogP contribution in [-0.2, 0) is 17.1 Å². The van der Waals surface area contributed by atoms with Crippen LogP contribution in [0.4, 0.5) is 0 Å². The molecule has 0 radical (unpaired) electrons. The summed E-state index contributed by atoms with van der Waals surface area (Å²) in [6.45, 7) is 1.86. The van der Waals surface area contributed by atoms with Crippen LogP contribution in [0.3, 0.4) is 0 Å². The standard InChI is InChI=1S/C8H10O3S/c1-2-6-5-7(12(10)11)3-4-8(6)9/h3-5,9,12H,2H2,1H3. The summed E-state index contributed by atoms with van der Waals surface area (Å²) in [6, 6.07) is 4.28. The number of aromatic hydroxyl groups is 1. The third-order valence-corrected chi connectivity index (χ3v) is 2.35. The monoisotopic (exact) mass is 186 g/mol. The first-order valence-electron chi connectivity index (χ1n) is 3.61. The lowest BCUT2D eigenvalue weighted by atomic mass is 10.1. The number of rotatable bonds is 2. The van der Waals surface area contributed by atoms with Gasteiger partial charge in [0.2, 0.25) is 0 Å². The van der Waals surface area contributed by atoms with Crippen molar-refractivity contribution in [1.82, 2.24) is 0 Å². The predicted octanol–water partition coefficient (Wildman–Crippen LogP) is 0.925. The maximum absolute atomic E-state index is 10.5. The number of phenols is 1. The molecule has 0 aliphatic heterocycles. The average Bonchev–Trinajstić information content (AvgIpc) is 2.05. The average molecular weight is 186 g/mol. The quantitative estimate of drug-likeness (QED) is 0.675. The molecule has 0 amide bonds. The molecule has 12 heavy (non-hydrogen) atoms. The molecule has 4 heteroatoms. The van der Waals surface area contributed by atoms with Crippen molar-refractivity contribution < 1.29 is 13.5 Å². The topological polar surface area (TPSA) is 54.4 Å². The Morgan fingerprint density at radius 3 is 2.58 bits per heavy atom. The van der Waals surface area contributed by atoms with Gasteiger partial charge in [0, 0.05) is 0 Å². The molecule has 0 aliphatic rings. The van der Waals surface area contributed by atoms with Gasteiger partial charge in [-0.1, -0.05) is 6.92 Å².